The lowest BCUT2D eigenvalue weighted by atomic mass is 10.1. The van der Waals surface area contributed by atoms with Gasteiger partial charge in [-0.2, -0.15) is 0 Å². The average molecular weight is 303 g/mol. The van der Waals surface area contributed by atoms with Gasteiger partial charge in [0, 0.05) is 32.4 Å². The second-order valence-electron chi connectivity index (χ2n) is 6.26. The van der Waals surface area contributed by atoms with E-state index in [0.29, 0.717) is 17.7 Å². The minimum Gasteiger partial charge on any atom is -0.381 e. The van der Waals surface area contributed by atoms with Crippen molar-refractivity contribution in [2.24, 2.45) is 0 Å². The quantitative estimate of drug-likeness (QED) is 0.929. The number of carbonyl (C=O) groups excluding carboxylic acids is 1. The molecule has 2 fully saturated rings. The lowest BCUT2D eigenvalue weighted by Gasteiger charge is -2.27. The Morgan fingerprint density at radius 2 is 2.14 bits per heavy atom. The molecule has 1 amide bonds. The number of ether oxygens (including phenoxy) is 1. The molecule has 2 unspecified atom stereocenters. The summed E-state index contributed by atoms with van der Waals surface area (Å²) in [5.41, 5.74) is 0.699. The maximum atomic E-state index is 12.7. The van der Waals surface area contributed by atoms with Crippen LogP contribution in [0.3, 0.4) is 0 Å². The number of methoxy groups -OCH3 is 1. The molecule has 0 aromatic carbocycles. The fourth-order valence-corrected chi connectivity index (χ4v) is 3.44. The zero-order valence-corrected chi connectivity index (χ0v) is 13.3. The molecule has 1 saturated heterocycles. The van der Waals surface area contributed by atoms with E-state index in [1.807, 2.05) is 17.0 Å². The Bertz CT molecular complexity index is 514. The Kier molecular flexibility index (Phi) is 4.93. The largest absolute Gasteiger partial charge is 0.381 e. The first-order chi connectivity index (χ1) is 10.8. The Labute approximate surface area is 132 Å². The van der Waals surface area contributed by atoms with Crippen LogP contribution < -0.4 is 5.32 Å². The zero-order valence-electron chi connectivity index (χ0n) is 13.3. The Hall–Kier alpha value is -1.62. The van der Waals surface area contributed by atoms with Crippen molar-refractivity contribution in [3.05, 3.63) is 23.9 Å². The number of nitrogens with one attached hydrogen (secondary N) is 1. The van der Waals surface area contributed by atoms with Gasteiger partial charge >= 0.3 is 0 Å². The molecule has 22 heavy (non-hydrogen) atoms. The molecule has 2 atom stereocenters. The molecule has 1 aliphatic carbocycles. The van der Waals surface area contributed by atoms with Crippen LogP contribution in [0.5, 0.6) is 0 Å². The first-order valence-electron chi connectivity index (χ1n) is 8.31. The van der Waals surface area contributed by atoms with E-state index in [-0.39, 0.29) is 5.91 Å². The number of amides is 1. The molecule has 0 spiro atoms. The van der Waals surface area contributed by atoms with E-state index < -0.39 is 0 Å². The average Bonchev–Trinajstić information content (AvgIpc) is 3.03. The van der Waals surface area contributed by atoms with E-state index in [2.05, 4.69) is 10.3 Å². The third-order valence-electron chi connectivity index (χ3n) is 4.74. The lowest BCUT2D eigenvalue weighted by molar-refractivity contribution is 0.0725. The minimum atomic E-state index is 0.108. The van der Waals surface area contributed by atoms with Gasteiger partial charge in [0.05, 0.1) is 11.7 Å². The van der Waals surface area contributed by atoms with Crippen molar-refractivity contribution in [2.75, 3.05) is 25.5 Å². The van der Waals surface area contributed by atoms with Gasteiger partial charge in [0.1, 0.15) is 5.82 Å². The summed E-state index contributed by atoms with van der Waals surface area (Å²) in [5, 5.41) is 3.46. The molecular weight excluding hydrogens is 278 g/mol. The van der Waals surface area contributed by atoms with Crippen molar-refractivity contribution in [1.29, 1.82) is 0 Å². The van der Waals surface area contributed by atoms with Crippen molar-refractivity contribution in [1.82, 2.24) is 9.88 Å². The maximum absolute atomic E-state index is 12.7. The first-order valence-corrected chi connectivity index (χ1v) is 8.31. The number of piperidine rings is 1. The summed E-state index contributed by atoms with van der Waals surface area (Å²) in [7, 11) is 1.76. The number of nitrogens with zero attached hydrogens (tertiary/aromatic N) is 2. The van der Waals surface area contributed by atoms with Crippen LogP contribution in [-0.4, -0.2) is 48.1 Å². The van der Waals surface area contributed by atoms with Crippen molar-refractivity contribution in [3.8, 4) is 0 Å². The summed E-state index contributed by atoms with van der Waals surface area (Å²) in [6.07, 6.45) is 8.61. The number of rotatable bonds is 4. The molecule has 1 aromatic heterocycles. The molecule has 1 aliphatic heterocycles. The van der Waals surface area contributed by atoms with E-state index in [4.69, 9.17) is 4.74 Å². The number of anilines is 1. The Morgan fingerprint density at radius 1 is 1.32 bits per heavy atom. The van der Waals surface area contributed by atoms with Gasteiger partial charge in [-0.25, -0.2) is 4.98 Å². The fraction of sp³-hybridized carbons (Fsp3) is 0.647. The van der Waals surface area contributed by atoms with E-state index in [1.165, 1.54) is 6.42 Å². The minimum absolute atomic E-state index is 0.108. The highest BCUT2D eigenvalue weighted by Crippen LogP contribution is 2.26. The molecule has 1 saturated carbocycles. The van der Waals surface area contributed by atoms with E-state index in [1.54, 1.807) is 13.3 Å². The summed E-state index contributed by atoms with van der Waals surface area (Å²) in [6.45, 7) is 1.73. The summed E-state index contributed by atoms with van der Waals surface area (Å²) >= 11 is 0. The van der Waals surface area contributed by atoms with Gasteiger partial charge in [0.15, 0.2) is 0 Å². The third kappa shape index (κ3) is 3.40. The van der Waals surface area contributed by atoms with Crippen molar-refractivity contribution >= 4 is 11.7 Å². The Balaban J connectivity index is 1.71. The van der Waals surface area contributed by atoms with Gasteiger partial charge < -0.3 is 15.0 Å². The second-order valence-corrected chi connectivity index (χ2v) is 6.26. The van der Waals surface area contributed by atoms with Gasteiger partial charge in [-0.15, -0.1) is 0 Å². The topological polar surface area (TPSA) is 54.5 Å². The number of likely N-dealkylation sites (tertiary alicyclic amines) is 1. The summed E-state index contributed by atoms with van der Waals surface area (Å²) in [4.78, 5) is 19.1. The molecule has 2 heterocycles. The molecular formula is C17H25N3O2. The van der Waals surface area contributed by atoms with Crippen molar-refractivity contribution in [2.45, 2.75) is 50.7 Å². The van der Waals surface area contributed by atoms with Crippen LogP contribution in [0.1, 0.15) is 48.9 Å². The number of carbonyl (C=O) groups is 1. The van der Waals surface area contributed by atoms with Gasteiger partial charge in [-0.1, -0.05) is 0 Å². The van der Waals surface area contributed by atoms with Crippen molar-refractivity contribution in [3.63, 3.8) is 0 Å². The number of pyridine rings is 1. The van der Waals surface area contributed by atoms with Crippen LogP contribution >= 0.6 is 0 Å². The lowest BCUT2D eigenvalue weighted by Crippen LogP contribution is -2.36. The molecule has 2 aliphatic rings. The number of aromatic nitrogens is 1. The number of hydrogen-bond acceptors (Lipinski definition) is 4. The molecule has 0 radical (unpaired) electrons. The van der Waals surface area contributed by atoms with Gasteiger partial charge in [-0.05, 0) is 50.7 Å². The molecule has 5 nitrogen and oxygen atoms in total. The van der Waals surface area contributed by atoms with Crippen LogP contribution in [0.15, 0.2) is 18.3 Å². The van der Waals surface area contributed by atoms with E-state index in [9.17, 15) is 4.79 Å². The second kappa shape index (κ2) is 7.09. The highest BCUT2D eigenvalue weighted by molar-refractivity contribution is 5.98. The monoisotopic (exact) mass is 303 g/mol. The van der Waals surface area contributed by atoms with Gasteiger partial charge in [0.25, 0.3) is 5.91 Å². The van der Waals surface area contributed by atoms with Crippen LogP contribution in [0, 0.1) is 0 Å². The standard InChI is InChI=1S/C17H25N3O2/c1-22-14-8-7-13(12-14)19-16-15(6-5-9-18-16)17(21)20-10-3-2-4-11-20/h5-6,9,13-14H,2-4,7-8,10-12H2,1H3,(H,18,19). The molecule has 120 valence electrons. The van der Waals surface area contributed by atoms with E-state index in [0.717, 1.165) is 51.0 Å². The summed E-state index contributed by atoms with van der Waals surface area (Å²) < 4.78 is 5.42. The summed E-state index contributed by atoms with van der Waals surface area (Å²) in [5.74, 6) is 0.830. The zero-order chi connectivity index (χ0) is 15.4. The van der Waals surface area contributed by atoms with Gasteiger partial charge in [-0.3, -0.25) is 4.79 Å². The van der Waals surface area contributed by atoms with Crippen LogP contribution in [0.25, 0.3) is 0 Å². The van der Waals surface area contributed by atoms with Crippen LogP contribution in [0.2, 0.25) is 0 Å². The summed E-state index contributed by atoms with van der Waals surface area (Å²) in [6, 6.07) is 4.07. The maximum Gasteiger partial charge on any atom is 0.257 e. The number of hydrogen-bond donors (Lipinski definition) is 1. The molecule has 5 heteroatoms. The van der Waals surface area contributed by atoms with Crippen LogP contribution in [-0.2, 0) is 4.74 Å². The highest BCUT2D eigenvalue weighted by Gasteiger charge is 2.27. The molecule has 3 rings (SSSR count). The van der Waals surface area contributed by atoms with Gasteiger partial charge in [0.2, 0.25) is 0 Å². The molecule has 1 aromatic rings. The molecule has 1 N–H and O–H groups in total. The highest BCUT2D eigenvalue weighted by atomic mass is 16.5. The molecule has 0 bridgehead atoms. The van der Waals surface area contributed by atoms with Crippen molar-refractivity contribution < 1.29 is 9.53 Å². The Morgan fingerprint density at radius 3 is 2.86 bits per heavy atom. The predicted octanol–water partition coefficient (Wildman–Crippen LogP) is 2.69. The smallest absolute Gasteiger partial charge is 0.257 e. The first kappa shape index (κ1) is 15.3. The SMILES string of the molecule is COC1CCC(Nc2ncccc2C(=O)N2CCCCC2)C1. The van der Waals surface area contributed by atoms with Crippen LogP contribution in [0.4, 0.5) is 5.82 Å². The van der Waals surface area contributed by atoms with E-state index >= 15 is 0 Å². The predicted molar refractivity (Wildman–Crippen MR) is 86.1 cm³/mol. The third-order valence-corrected chi connectivity index (χ3v) is 4.74. The fourth-order valence-electron chi connectivity index (χ4n) is 3.44. The normalized spacial score (nSPS) is 25.2.